The van der Waals surface area contributed by atoms with Crippen LogP contribution in [0.3, 0.4) is 0 Å². The fourth-order valence-electron chi connectivity index (χ4n) is 2.21. The highest BCUT2D eigenvalue weighted by molar-refractivity contribution is 5.36. The molecule has 4 N–H and O–H groups in total. The van der Waals surface area contributed by atoms with Gasteiger partial charge in [-0.1, -0.05) is 25.1 Å². The summed E-state index contributed by atoms with van der Waals surface area (Å²) in [5.74, 6) is 1.83. The van der Waals surface area contributed by atoms with Crippen molar-refractivity contribution in [3.05, 3.63) is 29.8 Å². The molecule has 0 fully saturated rings. The fourth-order valence-corrected chi connectivity index (χ4v) is 2.21. The lowest BCUT2D eigenvalue weighted by Gasteiger charge is -2.22. The third kappa shape index (κ3) is 3.72. The molecule has 0 aliphatic heterocycles. The second-order valence-electron chi connectivity index (χ2n) is 4.42. The van der Waals surface area contributed by atoms with E-state index in [0.29, 0.717) is 24.9 Å². The maximum atomic E-state index is 5.72. The minimum absolute atomic E-state index is 0.393. The van der Waals surface area contributed by atoms with Gasteiger partial charge in [-0.3, -0.25) is 0 Å². The van der Waals surface area contributed by atoms with Crippen molar-refractivity contribution in [1.29, 1.82) is 0 Å². The summed E-state index contributed by atoms with van der Waals surface area (Å²) >= 11 is 0. The Kier molecular flexibility index (Phi) is 6.01. The summed E-state index contributed by atoms with van der Waals surface area (Å²) < 4.78 is 5.41. The molecule has 1 unspecified atom stereocenters. The van der Waals surface area contributed by atoms with Crippen LogP contribution in [-0.4, -0.2) is 20.2 Å². The van der Waals surface area contributed by atoms with Gasteiger partial charge in [0.2, 0.25) is 0 Å². The van der Waals surface area contributed by atoms with Gasteiger partial charge in [-0.15, -0.1) is 0 Å². The van der Waals surface area contributed by atoms with Gasteiger partial charge in [-0.05, 0) is 49.4 Å². The standard InChI is InChI=1S/C14H24N2O/c1-3-12(8-11(9-15)10-16)13-6-4-5-7-14(13)17-2/h4-7,11-12H,3,8-10,15-16H2,1-2H3. The zero-order chi connectivity index (χ0) is 12.7. The second-order valence-corrected chi connectivity index (χ2v) is 4.42. The Hall–Kier alpha value is -1.06. The van der Waals surface area contributed by atoms with Crippen molar-refractivity contribution in [1.82, 2.24) is 0 Å². The van der Waals surface area contributed by atoms with Crippen LogP contribution in [0.1, 0.15) is 31.2 Å². The zero-order valence-electron chi connectivity index (χ0n) is 10.9. The smallest absolute Gasteiger partial charge is 0.122 e. The molecule has 3 nitrogen and oxygen atoms in total. The first-order chi connectivity index (χ1) is 8.26. The van der Waals surface area contributed by atoms with E-state index in [2.05, 4.69) is 19.1 Å². The molecule has 0 aliphatic carbocycles. The van der Waals surface area contributed by atoms with E-state index in [-0.39, 0.29) is 0 Å². The van der Waals surface area contributed by atoms with Crippen LogP contribution in [0.2, 0.25) is 0 Å². The number of ether oxygens (including phenoxy) is 1. The molecule has 1 aromatic rings. The molecule has 17 heavy (non-hydrogen) atoms. The number of benzene rings is 1. The highest BCUT2D eigenvalue weighted by Crippen LogP contribution is 2.33. The van der Waals surface area contributed by atoms with Crippen molar-refractivity contribution in [2.75, 3.05) is 20.2 Å². The van der Waals surface area contributed by atoms with Crippen LogP contribution in [0.5, 0.6) is 5.75 Å². The highest BCUT2D eigenvalue weighted by Gasteiger charge is 2.17. The second kappa shape index (κ2) is 7.30. The minimum Gasteiger partial charge on any atom is -0.496 e. The molecule has 1 atom stereocenters. The average Bonchev–Trinajstić information content (AvgIpc) is 2.40. The van der Waals surface area contributed by atoms with Gasteiger partial charge in [0.25, 0.3) is 0 Å². The first-order valence-corrected chi connectivity index (χ1v) is 6.29. The summed E-state index contributed by atoms with van der Waals surface area (Å²) in [7, 11) is 1.72. The number of rotatable bonds is 7. The quantitative estimate of drug-likeness (QED) is 0.762. The van der Waals surface area contributed by atoms with Crippen LogP contribution in [0.25, 0.3) is 0 Å². The third-order valence-electron chi connectivity index (χ3n) is 3.36. The van der Waals surface area contributed by atoms with Crippen molar-refractivity contribution in [3.8, 4) is 5.75 Å². The molecular formula is C14H24N2O. The predicted molar refractivity (Wildman–Crippen MR) is 72.2 cm³/mol. The highest BCUT2D eigenvalue weighted by atomic mass is 16.5. The maximum absolute atomic E-state index is 5.72. The van der Waals surface area contributed by atoms with Gasteiger partial charge in [0.05, 0.1) is 7.11 Å². The van der Waals surface area contributed by atoms with Gasteiger partial charge in [0.15, 0.2) is 0 Å². The molecule has 0 aromatic heterocycles. The predicted octanol–water partition coefficient (Wildman–Crippen LogP) is 2.11. The van der Waals surface area contributed by atoms with Crippen molar-refractivity contribution < 1.29 is 4.74 Å². The molecule has 0 aliphatic rings. The summed E-state index contributed by atoms with van der Waals surface area (Å²) in [6, 6.07) is 8.20. The zero-order valence-corrected chi connectivity index (χ0v) is 10.9. The lowest BCUT2D eigenvalue weighted by atomic mass is 9.86. The van der Waals surface area contributed by atoms with Gasteiger partial charge in [0.1, 0.15) is 5.75 Å². The first-order valence-electron chi connectivity index (χ1n) is 6.29. The van der Waals surface area contributed by atoms with Gasteiger partial charge < -0.3 is 16.2 Å². The molecular weight excluding hydrogens is 212 g/mol. The van der Waals surface area contributed by atoms with Crippen molar-refractivity contribution in [2.24, 2.45) is 17.4 Å². The lowest BCUT2D eigenvalue weighted by molar-refractivity contribution is 0.390. The third-order valence-corrected chi connectivity index (χ3v) is 3.36. The molecule has 1 aromatic carbocycles. The van der Waals surface area contributed by atoms with E-state index >= 15 is 0 Å². The number of hydrogen-bond acceptors (Lipinski definition) is 3. The molecule has 0 heterocycles. The Labute approximate surface area is 104 Å². The number of para-hydroxylation sites is 1. The van der Waals surface area contributed by atoms with E-state index in [1.807, 2.05) is 12.1 Å². The minimum atomic E-state index is 0.393. The molecule has 96 valence electrons. The Morgan fingerprint density at radius 1 is 1.18 bits per heavy atom. The van der Waals surface area contributed by atoms with Crippen molar-refractivity contribution in [3.63, 3.8) is 0 Å². The molecule has 1 rings (SSSR count). The molecule has 0 saturated carbocycles. The summed E-state index contributed by atoms with van der Waals surface area (Å²) in [6.07, 6.45) is 2.11. The van der Waals surface area contributed by atoms with E-state index in [9.17, 15) is 0 Å². The molecule has 0 bridgehead atoms. The van der Waals surface area contributed by atoms with E-state index < -0.39 is 0 Å². The monoisotopic (exact) mass is 236 g/mol. The van der Waals surface area contributed by atoms with Crippen molar-refractivity contribution >= 4 is 0 Å². The van der Waals surface area contributed by atoms with Gasteiger partial charge in [0, 0.05) is 0 Å². The maximum Gasteiger partial charge on any atom is 0.122 e. The first kappa shape index (κ1) is 14.0. The average molecular weight is 236 g/mol. The molecule has 0 spiro atoms. The summed E-state index contributed by atoms with van der Waals surface area (Å²) in [5, 5.41) is 0. The molecule has 3 heteroatoms. The van der Waals surface area contributed by atoms with Crippen molar-refractivity contribution in [2.45, 2.75) is 25.7 Å². The summed E-state index contributed by atoms with van der Waals surface area (Å²) in [4.78, 5) is 0. The van der Waals surface area contributed by atoms with Crippen LogP contribution in [0.4, 0.5) is 0 Å². The summed E-state index contributed by atoms with van der Waals surface area (Å²) in [5.41, 5.74) is 12.7. The molecule has 0 radical (unpaired) electrons. The molecule has 0 saturated heterocycles. The van der Waals surface area contributed by atoms with E-state index in [1.54, 1.807) is 7.11 Å². The molecule has 0 amide bonds. The van der Waals surface area contributed by atoms with Crippen LogP contribution < -0.4 is 16.2 Å². The summed E-state index contributed by atoms with van der Waals surface area (Å²) in [6.45, 7) is 3.51. The largest absolute Gasteiger partial charge is 0.496 e. The van der Waals surface area contributed by atoms with E-state index in [0.717, 1.165) is 18.6 Å². The number of methoxy groups -OCH3 is 1. The lowest BCUT2D eigenvalue weighted by Crippen LogP contribution is -2.25. The van der Waals surface area contributed by atoms with E-state index in [4.69, 9.17) is 16.2 Å². The van der Waals surface area contributed by atoms with Gasteiger partial charge in [-0.2, -0.15) is 0 Å². The SMILES string of the molecule is CCC(CC(CN)CN)c1ccccc1OC. The Morgan fingerprint density at radius 3 is 2.35 bits per heavy atom. The topological polar surface area (TPSA) is 61.3 Å². The number of hydrogen-bond donors (Lipinski definition) is 2. The normalized spacial score (nSPS) is 12.8. The van der Waals surface area contributed by atoms with Crippen LogP contribution in [0, 0.1) is 5.92 Å². The fraction of sp³-hybridized carbons (Fsp3) is 0.571. The Bertz CT molecular complexity index is 324. The van der Waals surface area contributed by atoms with Gasteiger partial charge in [-0.25, -0.2) is 0 Å². The van der Waals surface area contributed by atoms with Gasteiger partial charge >= 0.3 is 0 Å². The van der Waals surface area contributed by atoms with Crippen LogP contribution in [-0.2, 0) is 0 Å². The van der Waals surface area contributed by atoms with Crippen LogP contribution >= 0.6 is 0 Å². The number of nitrogens with two attached hydrogens (primary N) is 2. The Balaban J connectivity index is 2.85. The van der Waals surface area contributed by atoms with E-state index in [1.165, 1.54) is 5.56 Å². The Morgan fingerprint density at radius 2 is 1.82 bits per heavy atom. The van der Waals surface area contributed by atoms with Crippen LogP contribution in [0.15, 0.2) is 24.3 Å².